The summed E-state index contributed by atoms with van der Waals surface area (Å²) < 4.78 is 0. The molecule has 11 heteroatoms. The summed E-state index contributed by atoms with van der Waals surface area (Å²) in [5.41, 5.74) is 15.6. The van der Waals surface area contributed by atoms with E-state index in [0.717, 1.165) is 16.7 Å². The number of thioether (sulfide) groups is 1. The van der Waals surface area contributed by atoms with E-state index in [-0.39, 0.29) is 36.6 Å². The molecule has 35 heavy (non-hydrogen) atoms. The summed E-state index contributed by atoms with van der Waals surface area (Å²) in [6.45, 7) is 8.04. The average molecular weight is 500 g/mol. The number of aromatic nitrogens is 2. The molecule has 1 aliphatic heterocycles. The Morgan fingerprint density at radius 2 is 1.80 bits per heavy atom. The second-order valence-corrected chi connectivity index (χ2v) is 10.1. The first-order valence-corrected chi connectivity index (χ1v) is 12.6. The third-order valence-electron chi connectivity index (χ3n) is 5.84. The summed E-state index contributed by atoms with van der Waals surface area (Å²) in [6.07, 6.45) is 0.220. The number of nitrogen functional groups attached to an aromatic ring is 1. The van der Waals surface area contributed by atoms with Gasteiger partial charge in [-0.2, -0.15) is 0 Å². The van der Waals surface area contributed by atoms with E-state index in [0.29, 0.717) is 28.6 Å². The number of aryl methyl sites for hydroxylation is 2. The van der Waals surface area contributed by atoms with Crippen molar-refractivity contribution in [2.45, 2.75) is 51.2 Å². The van der Waals surface area contributed by atoms with Gasteiger partial charge >= 0.3 is 0 Å². The number of carbonyl (C=O) groups excluding carboxylic acids is 3. The van der Waals surface area contributed by atoms with Crippen molar-refractivity contribution in [1.82, 2.24) is 25.9 Å². The van der Waals surface area contributed by atoms with E-state index in [9.17, 15) is 14.4 Å². The van der Waals surface area contributed by atoms with Gasteiger partial charge in [-0.3, -0.25) is 14.4 Å². The van der Waals surface area contributed by atoms with Crippen LogP contribution in [-0.4, -0.2) is 58.6 Å². The molecule has 2 atom stereocenters. The Balaban J connectivity index is 1.91. The fourth-order valence-corrected chi connectivity index (χ4v) is 4.51. The van der Waals surface area contributed by atoms with Crippen LogP contribution in [0.25, 0.3) is 11.3 Å². The number of hydrogen-bond donors (Lipinski definition) is 5. The molecule has 1 aromatic heterocycles. The maximum absolute atomic E-state index is 13.0. The maximum atomic E-state index is 13.0. The highest BCUT2D eigenvalue weighted by molar-refractivity contribution is 7.99. The Bertz CT molecular complexity index is 1120. The molecule has 3 amide bonds. The first kappa shape index (κ1) is 26.4. The van der Waals surface area contributed by atoms with Crippen molar-refractivity contribution in [1.29, 1.82) is 0 Å². The first-order valence-electron chi connectivity index (χ1n) is 11.6. The lowest BCUT2D eigenvalue weighted by molar-refractivity contribution is -0.130. The lowest BCUT2D eigenvalue weighted by Gasteiger charge is -2.22. The van der Waals surface area contributed by atoms with E-state index >= 15 is 0 Å². The van der Waals surface area contributed by atoms with Crippen LogP contribution in [0.4, 0.5) is 5.95 Å². The molecule has 7 N–H and O–H groups in total. The smallest absolute Gasteiger partial charge is 0.251 e. The number of benzene rings is 1. The number of nitrogens with one attached hydrogen (secondary N) is 3. The number of anilines is 1. The van der Waals surface area contributed by atoms with Crippen LogP contribution in [0.15, 0.2) is 23.2 Å². The number of nitrogens with zero attached hydrogens (tertiary/aromatic N) is 2. The molecule has 0 saturated carbocycles. The van der Waals surface area contributed by atoms with Gasteiger partial charge in [-0.05, 0) is 49.4 Å². The molecule has 0 fully saturated rings. The SMILES string of the molecule is Cc1cc(C)c2cc1C(=O)NCCC(NC(=O)C(N)C(C)C)C(=O)NCCSc1cc-2nc(N)n1. The molecule has 188 valence electrons. The number of carbonyl (C=O) groups is 3. The molecule has 0 saturated heterocycles. The monoisotopic (exact) mass is 499 g/mol. The van der Waals surface area contributed by atoms with Crippen molar-refractivity contribution < 1.29 is 14.4 Å². The fraction of sp³-hybridized carbons (Fsp3) is 0.458. The van der Waals surface area contributed by atoms with Crippen molar-refractivity contribution >= 4 is 35.4 Å². The van der Waals surface area contributed by atoms with Crippen LogP contribution in [0, 0.1) is 19.8 Å². The highest BCUT2D eigenvalue weighted by atomic mass is 32.2. The minimum absolute atomic E-state index is 0.0794. The third-order valence-corrected chi connectivity index (χ3v) is 6.75. The summed E-state index contributed by atoms with van der Waals surface area (Å²) in [4.78, 5) is 47.0. The normalized spacial score (nSPS) is 17.9. The molecule has 1 aliphatic rings. The molecule has 0 aliphatic carbocycles. The standard InChI is InChI=1S/C24H33N7O3S/c1-12(2)20(25)23(34)29-17-5-6-27-21(32)16-10-15(13(3)9-14(16)4)18-11-19(31-24(26)30-18)35-8-7-28-22(17)33/h9-12,17,20H,5-8,25H2,1-4H3,(H,27,32)(H,28,33)(H,29,34)(H2,26,30,31). The van der Waals surface area contributed by atoms with Crippen molar-refractivity contribution in [3.8, 4) is 11.3 Å². The zero-order chi connectivity index (χ0) is 25.7. The van der Waals surface area contributed by atoms with Gasteiger partial charge in [0, 0.05) is 30.0 Å². The molecular formula is C24H33N7O3S. The summed E-state index contributed by atoms with van der Waals surface area (Å²) in [5.74, 6) is -0.430. The highest BCUT2D eigenvalue weighted by Crippen LogP contribution is 2.28. The van der Waals surface area contributed by atoms with Crippen LogP contribution < -0.4 is 27.4 Å². The van der Waals surface area contributed by atoms with Gasteiger partial charge in [-0.15, -0.1) is 11.8 Å². The Hall–Kier alpha value is -3.18. The highest BCUT2D eigenvalue weighted by Gasteiger charge is 2.25. The van der Waals surface area contributed by atoms with Gasteiger partial charge in [0.1, 0.15) is 11.1 Å². The van der Waals surface area contributed by atoms with Crippen LogP contribution in [-0.2, 0) is 9.59 Å². The Labute approximate surface area is 209 Å². The van der Waals surface area contributed by atoms with Gasteiger partial charge in [-0.25, -0.2) is 9.97 Å². The number of fused-ring (bicyclic) bond motifs is 5. The average Bonchev–Trinajstić information content (AvgIpc) is 2.79. The van der Waals surface area contributed by atoms with Gasteiger partial charge in [0.2, 0.25) is 17.8 Å². The second-order valence-electron chi connectivity index (χ2n) is 8.95. The zero-order valence-electron chi connectivity index (χ0n) is 20.5. The summed E-state index contributed by atoms with van der Waals surface area (Å²) >= 11 is 1.43. The lowest BCUT2D eigenvalue weighted by Crippen LogP contribution is -2.54. The van der Waals surface area contributed by atoms with Crippen molar-refractivity contribution in [3.05, 3.63) is 34.9 Å². The zero-order valence-corrected chi connectivity index (χ0v) is 21.3. The van der Waals surface area contributed by atoms with E-state index in [4.69, 9.17) is 11.5 Å². The number of rotatable bonds is 3. The topological polar surface area (TPSA) is 165 Å². The van der Waals surface area contributed by atoms with Crippen LogP contribution in [0.3, 0.4) is 0 Å². The predicted octanol–water partition coefficient (Wildman–Crippen LogP) is 1.15. The molecule has 0 radical (unpaired) electrons. The second kappa shape index (κ2) is 11.5. The van der Waals surface area contributed by atoms with Crippen LogP contribution >= 0.6 is 11.8 Å². The van der Waals surface area contributed by atoms with Gasteiger partial charge in [0.25, 0.3) is 5.91 Å². The first-order chi connectivity index (χ1) is 16.6. The van der Waals surface area contributed by atoms with E-state index < -0.39 is 18.0 Å². The number of hydrogen-bond acceptors (Lipinski definition) is 8. The van der Waals surface area contributed by atoms with Crippen molar-refractivity contribution in [2.24, 2.45) is 11.7 Å². The van der Waals surface area contributed by atoms with Gasteiger partial charge < -0.3 is 27.4 Å². The van der Waals surface area contributed by atoms with E-state index in [1.807, 2.05) is 39.8 Å². The van der Waals surface area contributed by atoms with E-state index in [2.05, 4.69) is 25.9 Å². The Morgan fingerprint density at radius 3 is 2.51 bits per heavy atom. The summed E-state index contributed by atoms with van der Waals surface area (Å²) in [7, 11) is 0. The quantitative estimate of drug-likeness (QED) is 0.392. The third kappa shape index (κ3) is 6.70. The van der Waals surface area contributed by atoms with Crippen LogP contribution in [0.2, 0.25) is 0 Å². The van der Waals surface area contributed by atoms with E-state index in [1.165, 1.54) is 11.8 Å². The van der Waals surface area contributed by atoms with Gasteiger partial charge in [0.05, 0.1) is 11.7 Å². The molecule has 4 bridgehead atoms. The van der Waals surface area contributed by atoms with Gasteiger partial charge in [-0.1, -0.05) is 19.9 Å². The van der Waals surface area contributed by atoms with Gasteiger partial charge in [0.15, 0.2) is 0 Å². The lowest BCUT2D eigenvalue weighted by atomic mass is 9.97. The number of amides is 3. The minimum atomic E-state index is -0.832. The van der Waals surface area contributed by atoms with Crippen LogP contribution in [0.5, 0.6) is 0 Å². The Morgan fingerprint density at radius 1 is 1.09 bits per heavy atom. The minimum Gasteiger partial charge on any atom is -0.368 e. The predicted molar refractivity (Wildman–Crippen MR) is 137 cm³/mol. The molecule has 1 aromatic carbocycles. The van der Waals surface area contributed by atoms with Crippen LogP contribution in [0.1, 0.15) is 41.8 Å². The molecule has 0 spiro atoms. The summed E-state index contributed by atoms with van der Waals surface area (Å²) in [6, 6.07) is 3.99. The molecule has 2 unspecified atom stereocenters. The summed E-state index contributed by atoms with van der Waals surface area (Å²) in [5, 5.41) is 9.10. The molecule has 2 aromatic rings. The molecular weight excluding hydrogens is 466 g/mol. The fourth-order valence-electron chi connectivity index (χ4n) is 3.75. The molecule has 2 heterocycles. The molecule has 3 rings (SSSR count). The van der Waals surface area contributed by atoms with Crippen molar-refractivity contribution in [2.75, 3.05) is 24.6 Å². The van der Waals surface area contributed by atoms with Crippen molar-refractivity contribution in [3.63, 3.8) is 0 Å². The largest absolute Gasteiger partial charge is 0.368 e. The van der Waals surface area contributed by atoms with E-state index in [1.54, 1.807) is 6.07 Å². The number of nitrogens with two attached hydrogens (primary N) is 2. The molecule has 10 nitrogen and oxygen atoms in total. The Kier molecular flexibility index (Phi) is 8.68. The maximum Gasteiger partial charge on any atom is 0.251 e.